The molecule has 0 saturated heterocycles. The minimum absolute atomic E-state index is 0.588. The lowest BCUT2D eigenvalue weighted by molar-refractivity contribution is 0.351. The Labute approximate surface area is 117 Å². The van der Waals surface area contributed by atoms with E-state index in [1.165, 1.54) is 37.0 Å². The van der Waals surface area contributed by atoms with Gasteiger partial charge < -0.3 is 5.73 Å². The van der Waals surface area contributed by atoms with E-state index < -0.39 is 0 Å². The van der Waals surface area contributed by atoms with Crippen LogP contribution < -0.4 is 5.73 Å². The average Bonchev–Trinajstić information content (AvgIpc) is 2.37. The Kier molecular flexibility index (Phi) is 5.39. The van der Waals surface area contributed by atoms with Gasteiger partial charge in [-0.25, -0.2) is 0 Å². The monoisotopic (exact) mass is 313 g/mol. The van der Waals surface area contributed by atoms with Crippen molar-refractivity contribution in [3.05, 3.63) is 28.7 Å². The second-order valence-electron chi connectivity index (χ2n) is 4.75. The van der Waals surface area contributed by atoms with Crippen LogP contribution in [0, 0.1) is 5.92 Å². The number of nitrogens with two attached hydrogens (primary N) is 1. The van der Waals surface area contributed by atoms with Crippen molar-refractivity contribution < 1.29 is 0 Å². The Bertz CT molecular complexity index is 350. The zero-order chi connectivity index (χ0) is 12.1. The van der Waals surface area contributed by atoms with E-state index in [0.717, 1.165) is 16.9 Å². The molecule has 17 heavy (non-hydrogen) atoms. The van der Waals surface area contributed by atoms with Crippen LogP contribution in [0.5, 0.6) is 0 Å². The summed E-state index contributed by atoms with van der Waals surface area (Å²) < 4.78 is 1.15. The van der Waals surface area contributed by atoms with Crippen molar-refractivity contribution in [1.29, 1.82) is 0 Å². The lowest BCUT2D eigenvalue weighted by atomic mass is 9.87. The van der Waals surface area contributed by atoms with Gasteiger partial charge in [0.15, 0.2) is 0 Å². The highest BCUT2D eigenvalue weighted by Gasteiger charge is 2.23. The summed E-state index contributed by atoms with van der Waals surface area (Å²) in [5, 5.41) is 0.588. The molecule has 0 amide bonds. The predicted octanol–water partition coefficient (Wildman–Crippen LogP) is 4.45. The smallest absolute Gasteiger partial charge is 0.0245 e. The minimum Gasteiger partial charge on any atom is -0.329 e. The van der Waals surface area contributed by atoms with Crippen molar-refractivity contribution in [2.24, 2.45) is 11.7 Å². The largest absolute Gasteiger partial charge is 0.329 e. The fourth-order valence-corrected chi connectivity index (χ4v) is 4.37. The van der Waals surface area contributed by atoms with Gasteiger partial charge >= 0.3 is 0 Å². The Hall–Kier alpha value is 0.01000. The summed E-state index contributed by atoms with van der Waals surface area (Å²) in [5.74, 6) is 0.817. The lowest BCUT2D eigenvalue weighted by Gasteiger charge is -2.29. The van der Waals surface area contributed by atoms with Crippen molar-refractivity contribution >= 4 is 27.7 Å². The van der Waals surface area contributed by atoms with Crippen LogP contribution >= 0.6 is 27.7 Å². The van der Waals surface area contributed by atoms with Crippen LogP contribution in [0.4, 0.5) is 0 Å². The SMILES string of the molecule is NCC(Sc1cccc(Br)c1)C1CCCCC1. The topological polar surface area (TPSA) is 26.0 Å². The normalized spacial score (nSPS) is 19.2. The summed E-state index contributed by atoms with van der Waals surface area (Å²) >= 11 is 5.48. The molecule has 1 fully saturated rings. The summed E-state index contributed by atoms with van der Waals surface area (Å²) in [6, 6.07) is 8.54. The van der Waals surface area contributed by atoms with Gasteiger partial charge in [0.25, 0.3) is 0 Å². The molecule has 1 aromatic rings. The van der Waals surface area contributed by atoms with E-state index in [1.807, 2.05) is 11.8 Å². The molecule has 1 nitrogen and oxygen atoms in total. The van der Waals surface area contributed by atoms with E-state index >= 15 is 0 Å². The zero-order valence-corrected chi connectivity index (χ0v) is 12.5. The second kappa shape index (κ2) is 6.81. The molecule has 1 aliphatic carbocycles. The van der Waals surface area contributed by atoms with E-state index in [9.17, 15) is 0 Å². The molecule has 1 aromatic carbocycles. The average molecular weight is 314 g/mol. The first-order chi connectivity index (χ1) is 8.29. The fourth-order valence-electron chi connectivity index (χ4n) is 2.56. The van der Waals surface area contributed by atoms with Crippen LogP contribution in [-0.4, -0.2) is 11.8 Å². The summed E-state index contributed by atoms with van der Waals surface area (Å²) in [4.78, 5) is 1.33. The van der Waals surface area contributed by atoms with Crippen LogP contribution in [0.25, 0.3) is 0 Å². The molecule has 0 aliphatic heterocycles. The Morgan fingerprint density at radius 1 is 1.29 bits per heavy atom. The summed E-state index contributed by atoms with van der Waals surface area (Å²) in [7, 11) is 0. The van der Waals surface area contributed by atoms with Gasteiger partial charge in [0.1, 0.15) is 0 Å². The maximum Gasteiger partial charge on any atom is 0.0245 e. The quantitative estimate of drug-likeness (QED) is 0.831. The third-order valence-corrected chi connectivity index (χ3v) is 5.39. The minimum atomic E-state index is 0.588. The van der Waals surface area contributed by atoms with Gasteiger partial charge in [0, 0.05) is 21.2 Å². The molecule has 0 radical (unpaired) electrons. The summed E-state index contributed by atoms with van der Waals surface area (Å²) in [6.07, 6.45) is 6.92. The molecule has 1 atom stereocenters. The predicted molar refractivity (Wildman–Crippen MR) is 79.4 cm³/mol. The first kappa shape index (κ1) is 13.4. The Morgan fingerprint density at radius 3 is 2.71 bits per heavy atom. The van der Waals surface area contributed by atoms with Gasteiger partial charge in [-0.05, 0) is 37.0 Å². The number of benzene rings is 1. The van der Waals surface area contributed by atoms with Crippen molar-refractivity contribution in [2.45, 2.75) is 42.2 Å². The summed E-state index contributed by atoms with van der Waals surface area (Å²) in [6.45, 7) is 0.793. The summed E-state index contributed by atoms with van der Waals surface area (Å²) in [5.41, 5.74) is 5.96. The van der Waals surface area contributed by atoms with Crippen molar-refractivity contribution in [3.63, 3.8) is 0 Å². The van der Waals surface area contributed by atoms with Gasteiger partial charge in [0.2, 0.25) is 0 Å². The molecule has 1 unspecified atom stereocenters. The van der Waals surface area contributed by atoms with Crippen LogP contribution in [0.1, 0.15) is 32.1 Å². The second-order valence-corrected chi connectivity index (χ2v) is 6.98. The third-order valence-electron chi connectivity index (χ3n) is 3.49. The molecule has 0 bridgehead atoms. The molecular weight excluding hydrogens is 294 g/mol. The molecule has 1 aliphatic rings. The molecule has 0 aromatic heterocycles. The van der Waals surface area contributed by atoms with Gasteiger partial charge in [-0.15, -0.1) is 11.8 Å². The first-order valence-corrected chi connectivity index (χ1v) is 8.09. The van der Waals surface area contributed by atoms with Crippen LogP contribution in [0.2, 0.25) is 0 Å². The van der Waals surface area contributed by atoms with Crippen LogP contribution in [0.15, 0.2) is 33.6 Å². The third kappa shape index (κ3) is 4.01. The molecule has 0 heterocycles. The van der Waals surface area contributed by atoms with Gasteiger partial charge in [-0.3, -0.25) is 0 Å². The highest BCUT2D eigenvalue weighted by atomic mass is 79.9. The number of hydrogen-bond donors (Lipinski definition) is 1. The number of hydrogen-bond acceptors (Lipinski definition) is 2. The van der Waals surface area contributed by atoms with Crippen molar-refractivity contribution in [3.8, 4) is 0 Å². The molecule has 94 valence electrons. The molecule has 2 N–H and O–H groups in total. The van der Waals surface area contributed by atoms with Crippen molar-refractivity contribution in [2.75, 3.05) is 6.54 Å². The molecule has 2 rings (SSSR count). The molecule has 3 heteroatoms. The number of rotatable bonds is 4. The van der Waals surface area contributed by atoms with E-state index in [0.29, 0.717) is 5.25 Å². The van der Waals surface area contributed by atoms with Crippen LogP contribution in [-0.2, 0) is 0 Å². The van der Waals surface area contributed by atoms with Gasteiger partial charge in [0.05, 0.1) is 0 Å². The van der Waals surface area contributed by atoms with E-state index in [-0.39, 0.29) is 0 Å². The zero-order valence-electron chi connectivity index (χ0n) is 10.1. The van der Waals surface area contributed by atoms with Crippen LogP contribution in [0.3, 0.4) is 0 Å². The van der Waals surface area contributed by atoms with Gasteiger partial charge in [-0.2, -0.15) is 0 Å². The van der Waals surface area contributed by atoms with Crippen molar-refractivity contribution in [1.82, 2.24) is 0 Å². The highest BCUT2D eigenvalue weighted by molar-refractivity contribution is 9.10. The van der Waals surface area contributed by atoms with E-state index in [1.54, 1.807) is 0 Å². The first-order valence-electron chi connectivity index (χ1n) is 6.42. The molecule has 0 spiro atoms. The molecular formula is C14H20BrNS. The number of halogens is 1. The standard InChI is InChI=1S/C14H20BrNS/c15-12-7-4-8-13(9-12)17-14(10-16)11-5-2-1-3-6-11/h4,7-9,11,14H,1-3,5-6,10,16H2. The highest BCUT2D eigenvalue weighted by Crippen LogP contribution is 2.36. The van der Waals surface area contributed by atoms with Gasteiger partial charge in [-0.1, -0.05) is 41.3 Å². The fraction of sp³-hybridized carbons (Fsp3) is 0.571. The molecule has 1 saturated carbocycles. The Balaban J connectivity index is 1.98. The maximum atomic E-state index is 5.96. The van der Waals surface area contributed by atoms with E-state index in [2.05, 4.69) is 40.2 Å². The maximum absolute atomic E-state index is 5.96. The van der Waals surface area contributed by atoms with E-state index in [4.69, 9.17) is 5.73 Å². The Morgan fingerprint density at radius 2 is 2.06 bits per heavy atom. The lowest BCUT2D eigenvalue weighted by Crippen LogP contribution is -2.27. The number of thioether (sulfide) groups is 1.